The lowest BCUT2D eigenvalue weighted by molar-refractivity contribution is -0.135. The molecule has 0 saturated heterocycles. The summed E-state index contributed by atoms with van der Waals surface area (Å²) >= 11 is 0. The molecule has 1 heterocycles. The van der Waals surface area contributed by atoms with Crippen LogP contribution >= 0.6 is 0 Å². The van der Waals surface area contributed by atoms with Crippen molar-refractivity contribution < 1.29 is 9.90 Å². The molecule has 18 heavy (non-hydrogen) atoms. The Kier molecular flexibility index (Phi) is 4.82. The molecule has 0 saturated carbocycles. The summed E-state index contributed by atoms with van der Waals surface area (Å²) in [6.45, 7) is 4.24. The summed E-state index contributed by atoms with van der Waals surface area (Å²) < 4.78 is 0. The zero-order chi connectivity index (χ0) is 13.7. The van der Waals surface area contributed by atoms with Gasteiger partial charge >= 0.3 is 5.97 Å². The number of rotatable bonds is 6. The van der Waals surface area contributed by atoms with Gasteiger partial charge in [-0.1, -0.05) is 6.92 Å². The second kappa shape index (κ2) is 6.13. The van der Waals surface area contributed by atoms with Crippen molar-refractivity contribution in [3.63, 3.8) is 0 Å². The number of hydrogen-bond acceptors (Lipinski definition) is 6. The Bertz CT molecular complexity index is 422. The van der Waals surface area contributed by atoms with Crippen molar-refractivity contribution in [2.75, 3.05) is 37.0 Å². The van der Waals surface area contributed by atoms with E-state index in [2.05, 4.69) is 15.0 Å². The van der Waals surface area contributed by atoms with Gasteiger partial charge in [-0.15, -0.1) is 0 Å². The molecular formula is C11H19N5O2. The molecule has 1 aromatic rings. The third-order valence-corrected chi connectivity index (χ3v) is 2.23. The van der Waals surface area contributed by atoms with Gasteiger partial charge in [-0.25, -0.2) is 0 Å². The van der Waals surface area contributed by atoms with Crippen molar-refractivity contribution >= 4 is 17.9 Å². The maximum Gasteiger partial charge on any atom is 0.323 e. The molecule has 0 aliphatic heterocycles. The fraction of sp³-hybridized carbons (Fsp3) is 0.636. The Morgan fingerprint density at radius 3 is 2.33 bits per heavy atom. The van der Waals surface area contributed by atoms with Crippen molar-refractivity contribution in [2.24, 2.45) is 0 Å². The predicted octanol–water partition coefficient (Wildman–Crippen LogP) is 0.547. The van der Waals surface area contributed by atoms with Gasteiger partial charge in [0.25, 0.3) is 0 Å². The highest BCUT2D eigenvalue weighted by atomic mass is 16.4. The highest BCUT2D eigenvalue weighted by molar-refractivity contribution is 5.72. The maximum absolute atomic E-state index is 10.8. The number of carboxylic acid groups (broad SMARTS) is 1. The highest BCUT2D eigenvalue weighted by Crippen LogP contribution is 2.12. The summed E-state index contributed by atoms with van der Waals surface area (Å²) in [6.07, 6.45) is 0.829. The molecule has 7 nitrogen and oxygen atoms in total. The first kappa shape index (κ1) is 14.1. The second-order valence-corrected chi connectivity index (χ2v) is 4.19. The smallest absolute Gasteiger partial charge is 0.323 e. The first-order valence-electron chi connectivity index (χ1n) is 5.80. The normalized spacial score (nSPS) is 10.2. The average molecular weight is 253 g/mol. The van der Waals surface area contributed by atoms with Crippen LogP contribution in [0.4, 0.5) is 11.9 Å². The van der Waals surface area contributed by atoms with Crippen molar-refractivity contribution in [2.45, 2.75) is 20.3 Å². The predicted molar refractivity (Wildman–Crippen MR) is 69.0 cm³/mol. The average Bonchev–Trinajstić information content (AvgIpc) is 2.27. The van der Waals surface area contributed by atoms with E-state index >= 15 is 0 Å². The number of anilines is 2. The molecule has 0 radical (unpaired) electrons. The number of carboxylic acids is 1. The topological polar surface area (TPSA) is 82.5 Å². The van der Waals surface area contributed by atoms with Crippen LogP contribution in [0.5, 0.6) is 0 Å². The van der Waals surface area contributed by atoms with E-state index in [0.717, 1.165) is 6.42 Å². The minimum atomic E-state index is -0.895. The molecule has 0 aliphatic carbocycles. The van der Waals surface area contributed by atoms with Gasteiger partial charge in [0.2, 0.25) is 11.9 Å². The lowest BCUT2D eigenvalue weighted by atomic mass is 10.4. The van der Waals surface area contributed by atoms with Crippen LogP contribution in [0.2, 0.25) is 0 Å². The van der Waals surface area contributed by atoms with Crippen molar-refractivity contribution in [1.82, 2.24) is 15.0 Å². The monoisotopic (exact) mass is 253 g/mol. The Morgan fingerprint density at radius 1 is 1.22 bits per heavy atom. The molecule has 1 aromatic heterocycles. The van der Waals surface area contributed by atoms with Gasteiger partial charge in [-0.05, 0) is 13.3 Å². The number of carbonyl (C=O) groups is 1. The fourth-order valence-electron chi connectivity index (χ4n) is 1.48. The van der Waals surface area contributed by atoms with Gasteiger partial charge in [0.05, 0.1) is 0 Å². The van der Waals surface area contributed by atoms with Crippen molar-refractivity contribution in [3.05, 3.63) is 5.82 Å². The number of hydrogen-bond donors (Lipinski definition) is 1. The lowest BCUT2D eigenvalue weighted by Crippen LogP contribution is -2.32. The zero-order valence-electron chi connectivity index (χ0n) is 11.2. The first-order chi connectivity index (χ1) is 8.43. The Hall–Kier alpha value is -1.92. The molecule has 0 aliphatic rings. The van der Waals surface area contributed by atoms with Gasteiger partial charge < -0.3 is 14.9 Å². The minimum absolute atomic E-state index is 0.107. The standard InChI is InChI=1S/C11H19N5O2/c1-5-6-16(7-9(17)18)11-13-8(2)12-10(14-11)15(3)4/h5-7H2,1-4H3,(H,17,18). The number of aryl methyl sites for hydroxylation is 1. The molecular weight excluding hydrogens is 234 g/mol. The molecule has 0 atom stereocenters. The summed E-state index contributed by atoms with van der Waals surface area (Å²) in [4.78, 5) is 26.9. The molecule has 1 N–H and O–H groups in total. The van der Waals surface area contributed by atoms with Crippen LogP contribution in [0.3, 0.4) is 0 Å². The highest BCUT2D eigenvalue weighted by Gasteiger charge is 2.15. The number of aliphatic carboxylic acids is 1. The third kappa shape index (κ3) is 3.83. The number of aromatic nitrogens is 3. The summed E-state index contributed by atoms with van der Waals surface area (Å²) in [6, 6.07) is 0. The molecule has 0 fully saturated rings. The molecule has 0 aromatic carbocycles. The summed E-state index contributed by atoms with van der Waals surface area (Å²) in [7, 11) is 3.67. The van der Waals surface area contributed by atoms with Crippen LogP contribution in [-0.4, -0.2) is 53.2 Å². The van der Waals surface area contributed by atoms with Crippen LogP contribution in [-0.2, 0) is 4.79 Å². The van der Waals surface area contributed by atoms with E-state index < -0.39 is 5.97 Å². The lowest BCUT2D eigenvalue weighted by Gasteiger charge is -2.21. The Balaban J connectivity index is 3.06. The van der Waals surface area contributed by atoms with Gasteiger partial charge in [-0.3, -0.25) is 4.79 Å². The van der Waals surface area contributed by atoms with E-state index in [1.54, 1.807) is 16.7 Å². The van der Waals surface area contributed by atoms with E-state index in [0.29, 0.717) is 24.3 Å². The maximum atomic E-state index is 10.8. The van der Waals surface area contributed by atoms with Crippen LogP contribution < -0.4 is 9.80 Å². The van der Waals surface area contributed by atoms with Crippen molar-refractivity contribution in [1.29, 1.82) is 0 Å². The molecule has 0 unspecified atom stereocenters. The molecule has 0 amide bonds. The van der Waals surface area contributed by atoms with Crippen LogP contribution in [0, 0.1) is 6.92 Å². The minimum Gasteiger partial charge on any atom is -0.480 e. The molecule has 0 bridgehead atoms. The SMILES string of the molecule is CCCN(CC(=O)O)c1nc(C)nc(N(C)C)n1. The number of nitrogens with zero attached hydrogens (tertiary/aromatic N) is 5. The molecule has 7 heteroatoms. The summed E-state index contributed by atoms with van der Waals surface area (Å²) in [5, 5.41) is 8.90. The first-order valence-corrected chi connectivity index (χ1v) is 5.80. The van der Waals surface area contributed by atoms with Crippen LogP contribution in [0.25, 0.3) is 0 Å². The van der Waals surface area contributed by atoms with Gasteiger partial charge in [0.15, 0.2) is 0 Å². The zero-order valence-corrected chi connectivity index (χ0v) is 11.2. The van der Waals surface area contributed by atoms with Gasteiger partial charge in [0.1, 0.15) is 12.4 Å². The van der Waals surface area contributed by atoms with Crippen LogP contribution in [0.1, 0.15) is 19.2 Å². The third-order valence-electron chi connectivity index (χ3n) is 2.23. The Morgan fingerprint density at radius 2 is 1.83 bits per heavy atom. The Labute approximate surface area is 106 Å². The summed E-state index contributed by atoms with van der Waals surface area (Å²) in [5.41, 5.74) is 0. The van der Waals surface area contributed by atoms with E-state index in [1.807, 2.05) is 21.0 Å². The van der Waals surface area contributed by atoms with Gasteiger partial charge in [0, 0.05) is 20.6 Å². The fourth-order valence-corrected chi connectivity index (χ4v) is 1.48. The van der Waals surface area contributed by atoms with Crippen LogP contribution in [0.15, 0.2) is 0 Å². The van der Waals surface area contributed by atoms with E-state index in [4.69, 9.17) is 5.11 Å². The van der Waals surface area contributed by atoms with E-state index in [1.165, 1.54) is 0 Å². The molecule has 0 spiro atoms. The second-order valence-electron chi connectivity index (χ2n) is 4.19. The van der Waals surface area contributed by atoms with Crippen molar-refractivity contribution in [3.8, 4) is 0 Å². The van der Waals surface area contributed by atoms with E-state index in [9.17, 15) is 4.79 Å². The van der Waals surface area contributed by atoms with Gasteiger partial charge in [-0.2, -0.15) is 15.0 Å². The molecule has 100 valence electrons. The van der Waals surface area contributed by atoms with E-state index in [-0.39, 0.29) is 6.54 Å². The largest absolute Gasteiger partial charge is 0.480 e. The molecule has 1 rings (SSSR count). The quantitative estimate of drug-likeness (QED) is 0.792. The summed E-state index contributed by atoms with van der Waals surface area (Å²) in [5.74, 6) is 0.627.